The second-order valence-corrected chi connectivity index (χ2v) is 6.77. The van der Waals surface area contributed by atoms with Gasteiger partial charge in [0.05, 0.1) is 6.20 Å². The van der Waals surface area contributed by atoms with Gasteiger partial charge in [-0.3, -0.25) is 9.78 Å². The molecule has 1 aliphatic heterocycles. The van der Waals surface area contributed by atoms with Crippen molar-refractivity contribution in [3.05, 3.63) is 66.3 Å². The zero-order valence-corrected chi connectivity index (χ0v) is 15.6. The van der Waals surface area contributed by atoms with Crippen molar-refractivity contribution < 1.29 is 4.79 Å². The largest absolute Gasteiger partial charge is 0.337 e. The van der Waals surface area contributed by atoms with Gasteiger partial charge in [0.15, 0.2) is 0 Å². The molecule has 8 nitrogen and oxygen atoms in total. The molecule has 0 aliphatic carbocycles. The van der Waals surface area contributed by atoms with Crippen LogP contribution in [-0.2, 0) is 0 Å². The molecule has 28 heavy (non-hydrogen) atoms. The third-order valence-electron chi connectivity index (χ3n) is 4.65. The second-order valence-electron chi connectivity index (χ2n) is 6.77. The van der Waals surface area contributed by atoms with E-state index in [0.717, 1.165) is 30.2 Å². The predicted molar refractivity (Wildman–Crippen MR) is 104 cm³/mol. The van der Waals surface area contributed by atoms with E-state index in [1.807, 2.05) is 36.1 Å². The highest BCUT2D eigenvalue weighted by Crippen LogP contribution is 2.27. The first-order valence-electron chi connectivity index (χ1n) is 9.28. The van der Waals surface area contributed by atoms with Crippen LogP contribution in [-0.4, -0.2) is 48.8 Å². The Morgan fingerprint density at radius 1 is 1.14 bits per heavy atom. The standard InChI is InChI=1S/C20H21N7O/c1-14-11-18(25-17-6-2-3-7-23-17)26-19(24-14)15-5-4-10-27(13-15)20(28)16-12-21-8-9-22-16/h2-3,6-9,11-12,15H,4-5,10,13H2,1H3,(H,23,24,25,26)/t15-/m1/s1. The Morgan fingerprint density at radius 2 is 2.07 bits per heavy atom. The molecule has 3 aromatic heterocycles. The molecule has 0 spiro atoms. The molecule has 3 aromatic rings. The molecule has 1 saturated heterocycles. The van der Waals surface area contributed by atoms with E-state index in [1.165, 1.54) is 12.4 Å². The molecule has 1 amide bonds. The summed E-state index contributed by atoms with van der Waals surface area (Å²) in [6, 6.07) is 7.57. The van der Waals surface area contributed by atoms with Crippen LogP contribution in [0.15, 0.2) is 49.1 Å². The van der Waals surface area contributed by atoms with Gasteiger partial charge in [-0.2, -0.15) is 0 Å². The summed E-state index contributed by atoms with van der Waals surface area (Å²) in [5, 5.41) is 3.22. The van der Waals surface area contributed by atoms with E-state index in [1.54, 1.807) is 12.4 Å². The molecule has 1 fully saturated rings. The van der Waals surface area contributed by atoms with Gasteiger partial charge in [0.1, 0.15) is 23.2 Å². The van der Waals surface area contributed by atoms with Gasteiger partial charge in [-0.25, -0.2) is 19.9 Å². The lowest BCUT2D eigenvalue weighted by atomic mass is 9.96. The number of piperidine rings is 1. The fraction of sp³-hybridized carbons (Fsp3) is 0.300. The Hall–Kier alpha value is -3.42. The number of rotatable bonds is 4. The molecular formula is C20H21N7O. The zero-order chi connectivity index (χ0) is 19.3. The number of anilines is 2. The summed E-state index contributed by atoms with van der Waals surface area (Å²) in [6.07, 6.45) is 8.17. The minimum absolute atomic E-state index is 0.0820. The fourth-order valence-corrected chi connectivity index (χ4v) is 3.35. The number of aryl methyl sites for hydroxylation is 1. The lowest BCUT2D eigenvalue weighted by molar-refractivity contribution is 0.0698. The number of hydrogen-bond acceptors (Lipinski definition) is 7. The van der Waals surface area contributed by atoms with Crippen molar-refractivity contribution in [1.29, 1.82) is 0 Å². The average Bonchev–Trinajstić information content (AvgIpc) is 2.74. The van der Waals surface area contributed by atoms with Gasteiger partial charge in [0, 0.05) is 49.4 Å². The van der Waals surface area contributed by atoms with Crippen molar-refractivity contribution in [2.45, 2.75) is 25.7 Å². The van der Waals surface area contributed by atoms with Crippen molar-refractivity contribution in [1.82, 2.24) is 29.8 Å². The quantitative estimate of drug-likeness (QED) is 0.749. The van der Waals surface area contributed by atoms with E-state index in [2.05, 4.69) is 25.3 Å². The zero-order valence-electron chi connectivity index (χ0n) is 15.6. The van der Waals surface area contributed by atoms with Gasteiger partial charge in [0.2, 0.25) is 0 Å². The number of pyridine rings is 1. The van der Waals surface area contributed by atoms with Crippen LogP contribution in [0.3, 0.4) is 0 Å². The number of nitrogens with zero attached hydrogens (tertiary/aromatic N) is 6. The number of likely N-dealkylation sites (tertiary alicyclic amines) is 1. The fourth-order valence-electron chi connectivity index (χ4n) is 3.35. The lowest BCUT2D eigenvalue weighted by Crippen LogP contribution is -2.40. The third-order valence-corrected chi connectivity index (χ3v) is 4.65. The summed E-state index contributed by atoms with van der Waals surface area (Å²) < 4.78 is 0. The summed E-state index contributed by atoms with van der Waals surface area (Å²) in [5.41, 5.74) is 1.24. The van der Waals surface area contributed by atoms with E-state index in [9.17, 15) is 4.79 Å². The highest BCUT2D eigenvalue weighted by molar-refractivity contribution is 5.92. The van der Waals surface area contributed by atoms with Gasteiger partial charge >= 0.3 is 0 Å². The average molecular weight is 375 g/mol. The van der Waals surface area contributed by atoms with Crippen LogP contribution in [0.2, 0.25) is 0 Å². The Bertz CT molecular complexity index is 949. The molecular weight excluding hydrogens is 354 g/mol. The monoisotopic (exact) mass is 375 g/mol. The van der Waals surface area contributed by atoms with Crippen LogP contribution >= 0.6 is 0 Å². The summed E-state index contributed by atoms with van der Waals surface area (Å²) in [7, 11) is 0. The van der Waals surface area contributed by atoms with E-state index in [0.29, 0.717) is 24.6 Å². The van der Waals surface area contributed by atoms with Crippen molar-refractivity contribution in [2.75, 3.05) is 18.4 Å². The van der Waals surface area contributed by atoms with Crippen LogP contribution in [0.5, 0.6) is 0 Å². The minimum Gasteiger partial charge on any atom is -0.337 e. The number of hydrogen-bond donors (Lipinski definition) is 1. The minimum atomic E-state index is -0.0997. The Balaban J connectivity index is 1.52. The van der Waals surface area contributed by atoms with Crippen LogP contribution in [0.4, 0.5) is 11.6 Å². The van der Waals surface area contributed by atoms with E-state index < -0.39 is 0 Å². The SMILES string of the molecule is Cc1cc(Nc2ccccn2)nc([C@@H]2CCCN(C(=O)c3cnccn3)C2)n1. The highest BCUT2D eigenvalue weighted by atomic mass is 16.2. The molecule has 1 atom stereocenters. The summed E-state index contributed by atoms with van der Waals surface area (Å²) >= 11 is 0. The maximum atomic E-state index is 12.7. The van der Waals surface area contributed by atoms with Gasteiger partial charge in [-0.15, -0.1) is 0 Å². The van der Waals surface area contributed by atoms with Gasteiger partial charge in [-0.1, -0.05) is 6.07 Å². The maximum absolute atomic E-state index is 12.7. The van der Waals surface area contributed by atoms with Crippen molar-refractivity contribution in [2.24, 2.45) is 0 Å². The van der Waals surface area contributed by atoms with E-state index >= 15 is 0 Å². The predicted octanol–water partition coefficient (Wildman–Crippen LogP) is 2.73. The number of carbonyl (C=O) groups is 1. The summed E-state index contributed by atoms with van der Waals surface area (Å²) in [4.78, 5) is 36.2. The molecule has 0 bridgehead atoms. The second kappa shape index (κ2) is 8.08. The molecule has 0 radical (unpaired) electrons. The van der Waals surface area contributed by atoms with E-state index in [-0.39, 0.29) is 11.8 Å². The summed E-state index contributed by atoms with van der Waals surface area (Å²) in [6.45, 7) is 3.22. The lowest BCUT2D eigenvalue weighted by Gasteiger charge is -2.32. The molecule has 4 heterocycles. The van der Waals surface area contributed by atoms with Gasteiger partial charge in [0.25, 0.3) is 5.91 Å². The maximum Gasteiger partial charge on any atom is 0.274 e. The Kier molecular flexibility index (Phi) is 5.18. The van der Waals surface area contributed by atoms with Gasteiger partial charge in [-0.05, 0) is 31.9 Å². The number of aromatic nitrogens is 5. The normalized spacial score (nSPS) is 16.6. The van der Waals surface area contributed by atoms with Crippen molar-refractivity contribution in [3.8, 4) is 0 Å². The Morgan fingerprint density at radius 3 is 2.86 bits per heavy atom. The molecule has 8 heteroatoms. The van der Waals surface area contributed by atoms with Crippen LogP contribution < -0.4 is 5.32 Å². The molecule has 0 unspecified atom stereocenters. The number of nitrogens with one attached hydrogen (secondary N) is 1. The van der Waals surface area contributed by atoms with Crippen LogP contribution in [0.1, 0.15) is 40.8 Å². The van der Waals surface area contributed by atoms with Gasteiger partial charge < -0.3 is 10.2 Å². The first kappa shape index (κ1) is 18.0. The molecule has 1 aliphatic rings. The molecule has 1 N–H and O–H groups in total. The molecule has 4 rings (SSSR count). The van der Waals surface area contributed by atoms with Crippen LogP contribution in [0.25, 0.3) is 0 Å². The molecule has 142 valence electrons. The van der Waals surface area contributed by atoms with E-state index in [4.69, 9.17) is 4.98 Å². The Labute approximate surface area is 163 Å². The van der Waals surface area contributed by atoms with Crippen molar-refractivity contribution in [3.63, 3.8) is 0 Å². The molecule has 0 saturated carbocycles. The highest BCUT2D eigenvalue weighted by Gasteiger charge is 2.28. The number of carbonyl (C=O) groups excluding carboxylic acids is 1. The summed E-state index contributed by atoms with van der Waals surface area (Å²) in [5.74, 6) is 2.17. The van der Waals surface area contributed by atoms with Crippen LogP contribution in [0, 0.1) is 6.92 Å². The topological polar surface area (TPSA) is 96.8 Å². The number of amides is 1. The smallest absolute Gasteiger partial charge is 0.274 e. The van der Waals surface area contributed by atoms with Crippen molar-refractivity contribution >= 4 is 17.5 Å². The first-order chi connectivity index (χ1) is 13.7. The third kappa shape index (κ3) is 4.11. The first-order valence-corrected chi connectivity index (χ1v) is 9.28. The molecule has 0 aromatic carbocycles.